The summed E-state index contributed by atoms with van der Waals surface area (Å²) in [5.41, 5.74) is 5.18. The van der Waals surface area contributed by atoms with Gasteiger partial charge in [0, 0.05) is 30.5 Å². The number of hydrogen-bond donors (Lipinski definition) is 2. The van der Waals surface area contributed by atoms with Crippen molar-refractivity contribution in [3.63, 3.8) is 0 Å². The number of benzene rings is 4. The van der Waals surface area contributed by atoms with Gasteiger partial charge in [-0.05, 0) is 28.0 Å². The Morgan fingerprint density at radius 3 is 2.05 bits per heavy atom. The summed E-state index contributed by atoms with van der Waals surface area (Å²) in [5, 5.41) is 16.6. The number of fused-ring (bicyclic) bond motifs is 1. The van der Waals surface area contributed by atoms with Crippen LogP contribution < -0.4 is 5.43 Å². The standard InChI is InChI=1S/C33H31N3O4/c37-27-16-15-22-9-7-8-14-25(22)26(27)21-34-35-32(38)30-28(23-10-3-1-4-11-23)31(29(30)24-12-5-2-6-13-24)33(39)36-17-19-40-20-18-36/h1-16,21,28-31,37H,17-20H2,(H,35,38)/b34-21+. The number of amides is 2. The Kier molecular flexibility index (Phi) is 7.29. The summed E-state index contributed by atoms with van der Waals surface area (Å²) >= 11 is 0. The van der Waals surface area contributed by atoms with Crippen LogP contribution in [0.1, 0.15) is 28.5 Å². The lowest BCUT2D eigenvalue weighted by Gasteiger charge is -2.52. The largest absolute Gasteiger partial charge is 0.507 e. The van der Waals surface area contributed by atoms with E-state index in [2.05, 4.69) is 10.5 Å². The Balaban J connectivity index is 1.33. The zero-order valence-electron chi connectivity index (χ0n) is 22.0. The highest BCUT2D eigenvalue weighted by Crippen LogP contribution is 2.58. The van der Waals surface area contributed by atoms with Crippen molar-refractivity contribution in [3.05, 3.63) is 114 Å². The lowest BCUT2D eigenvalue weighted by atomic mass is 9.51. The van der Waals surface area contributed by atoms with Crippen LogP contribution in [0.3, 0.4) is 0 Å². The summed E-state index contributed by atoms with van der Waals surface area (Å²) in [6.07, 6.45) is 1.49. The molecule has 7 heteroatoms. The number of hydrazone groups is 1. The van der Waals surface area contributed by atoms with Crippen LogP contribution in [0.15, 0.2) is 102 Å². The number of nitrogens with one attached hydrogen (secondary N) is 1. The minimum Gasteiger partial charge on any atom is -0.507 e. The fourth-order valence-electron chi connectivity index (χ4n) is 6.21. The first-order chi connectivity index (χ1) is 19.6. The van der Waals surface area contributed by atoms with E-state index >= 15 is 0 Å². The van der Waals surface area contributed by atoms with E-state index in [1.165, 1.54) is 6.21 Å². The number of rotatable bonds is 6. The lowest BCUT2D eigenvalue weighted by Crippen LogP contribution is -2.57. The highest BCUT2D eigenvalue weighted by molar-refractivity contribution is 6.02. The van der Waals surface area contributed by atoms with Crippen molar-refractivity contribution in [1.29, 1.82) is 0 Å². The molecule has 4 aromatic carbocycles. The zero-order chi connectivity index (χ0) is 27.5. The fraction of sp³-hybridized carbons (Fsp3) is 0.242. The van der Waals surface area contributed by atoms with Crippen molar-refractivity contribution in [3.8, 4) is 5.75 Å². The summed E-state index contributed by atoms with van der Waals surface area (Å²) in [5.74, 6) is -1.61. The van der Waals surface area contributed by atoms with Gasteiger partial charge in [-0.15, -0.1) is 0 Å². The molecular weight excluding hydrogens is 502 g/mol. The molecule has 1 heterocycles. The topological polar surface area (TPSA) is 91.2 Å². The maximum Gasteiger partial charge on any atom is 0.244 e. The molecule has 1 aliphatic carbocycles. The molecular formula is C33H31N3O4. The summed E-state index contributed by atoms with van der Waals surface area (Å²) in [6, 6.07) is 30.8. The van der Waals surface area contributed by atoms with Crippen LogP contribution in [-0.2, 0) is 14.3 Å². The maximum atomic E-state index is 14.0. The first-order valence-corrected chi connectivity index (χ1v) is 13.6. The maximum absolute atomic E-state index is 14.0. The third-order valence-electron chi connectivity index (χ3n) is 8.14. The summed E-state index contributed by atoms with van der Waals surface area (Å²) < 4.78 is 5.49. The number of morpholine rings is 1. The molecule has 0 radical (unpaired) electrons. The van der Waals surface area contributed by atoms with Gasteiger partial charge in [-0.2, -0.15) is 5.10 Å². The van der Waals surface area contributed by atoms with Gasteiger partial charge in [0.1, 0.15) is 5.75 Å². The van der Waals surface area contributed by atoms with Gasteiger partial charge in [-0.25, -0.2) is 5.43 Å². The Hall–Kier alpha value is -4.49. The van der Waals surface area contributed by atoms with Crippen molar-refractivity contribution in [1.82, 2.24) is 10.3 Å². The van der Waals surface area contributed by atoms with Crippen LogP contribution in [0, 0.1) is 11.8 Å². The minimum absolute atomic E-state index is 0.0548. The molecule has 0 spiro atoms. The van der Waals surface area contributed by atoms with E-state index in [-0.39, 0.29) is 35.3 Å². The number of hydrogen-bond acceptors (Lipinski definition) is 5. The highest BCUT2D eigenvalue weighted by Gasteiger charge is 2.58. The molecule has 0 aromatic heterocycles. The quantitative estimate of drug-likeness (QED) is 0.278. The van der Waals surface area contributed by atoms with Crippen molar-refractivity contribution in [2.45, 2.75) is 11.8 Å². The van der Waals surface area contributed by atoms with E-state index in [0.29, 0.717) is 31.9 Å². The molecule has 0 bridgehead atoms. The van der Waals surface area contributed by atoms with Crippen LogP contribution in [-0.4, -0.2) is 54.3 Å². The minimum atomic E-state index is -0.502. The first kappa shape index (κ1) is 25.8. The molecule has 2 aliphatic rings. The van der Waals surface area contributed by atoms with Crippen molar-refractivity contribution < 1.29 is 19.4 Å². The second-order valence-electron chi connectivity index (χ2n) is 10.3. The van der Waals surface area contributed by atoms with Crippen molar-refractivity contribution in [2.75, 3.05) is 26.3 Å². The van der Waals surface area contributed by atoms with E-state index < -0.39 is 5.92 Å². The number of carbonyl (C=O) groups is 2. The van der Waals surface area contributed by atoms with Gasteiger partial charge in [0.05, 0.1) is 31.3 Å². The molecule has 40 heavy (non-hydrogen) atoms. The second kappa shape index (κ2) is 11.3. The Morgan fingerprint density at radius 2 is 1.40 bits per heavy atom. The number of nitrogens with zero attached hydrogens (tertiary/aromatic N) is 2. The van der Waals surface area contributed by atoms with Crippen LogP contribution >= 0.6 is 0 Å². The Morgan fingerprint density at radius 1 is 0.800 bits per heavy atom. The van der Waals surface area contributed by atoms with Gasteiger partial charge in [0.25, 0.3) is 0 Å². The van der Waals surface area contributed by atoms with Crippen LogP contribution in [0.25, 0.3) is 10.8 Å². The summed E-state index contributed by atoms with van der Waals surface area (Å²) in [4.78, 5) is 29.7. The molecule has 1 aliphatic heterocycles. The number of carbonyl (C=O) groups excluding carboxylic acids is 2. The zero-order valence-corrected chi connectivity index (χ0v) is 22.0. The summed E-state index contributed by atoms with van der Waals surface area (Å²) in [6.45, 7) is 2.14. The number of phenols is 1. The van der Waals surface area contributed by atoms with Crippen LogP contribution in [0.4, 0.5) is 0 Å². The Bertz CT molecular complexity index is 1490. The highest BCUT2D eigenvalue weighted by atomic mass is 16.5. The van der Waals surface area contributed by atoms with E-state index in [0.717, 1.165) is 21.9 Å². The van der Waals surface area contributed by atoms with Crippen molar-refractivity contribution >= 4 is 28.8 Å². The molecule has 1 saturated carbocycles. The van der Waals surface area contributed by atoms with Crippen LogP contribution in [0.2, 0.25) is 0 Å². The van der Waals surface area contributed by atoms with E-state index in [1.54, 1.807) is 6.07 Å². The molecule has 4 aromatic rings. The number of phenolic OH excluding ortho intramolecular Hbond substituents is 1. The van der Waals surface area contributed by atoms with Gasteiger partial charge in [0.2, 0.25) is 11.8 Å². The molecule has 202 valence electrons. The van der Waals surface area contributed by atoms with Gasteiger partial charge < -0.3 is 14.7 Å². The molecule has 2 N–H and O–H groups in total. The molecule has 2 atom stereocenters. The fourth-order valence-corrected chi connectivity index (χ4v) is 6.21. The molecule has 2 amide bonds. The average molecular weight is 534 g/mol. The predicted molar refractivity (Wildman–Crippen MR) is 154 cm³/mol. The van der Waals surface area contributed by atoms with Gasteiger partial charge in [-0.3, -0.25) is 9.59 Å². The third kappa shape index (κ3) is 4.84. The van der Waals surface area contributed by atoms with Gasteiger partial charge in [0.15, 0.2) is 0 Å². The molecule has 1 saturated heterocycles. The normalized spacial score (nSPS) is 22.6. The van der Waals surface area contributed by atoms with Gasteiger partial charge >= 0.3 is 0 Å². The first-order valence-electron chi connectivity index (χ1n) is 13.6. The van der Waals surface area contributed by atoms with Gasteiger partial charge in [-0.1, -0.05) is 91.0 Å². The monoisotopic (exact) mass is 533 g/mol. The molecule has 7 nitrogen and oxygen atoms in total. The third-order valence-corrected chi connectivity index (χ3v) is 8.14. The van der Waals surface area contributed by atoms with Crippen molar-refractivity contribution in [2.24, 2.45) is 16.9 Å². The van der Waals surface area contributed by atoms with E-state index in [1.807, 2.05) is 95.9 Å². The SMILES string of the molecule is O=C(N/N=C/c1c(O)ccc2ccccc12)C1C(c2ccccc2)C(C(=O)N2CCOCC2)C1c1ccccc1. The smallest absolute Gasteiger partial charge is 0.244 e. The number of aromatic hydroxyl groups is 1. The van der Waals surface area contributed by atoms with E-state index in [4.69, 9.17) is 4.74 Å². The molecule has 2 fully saturated rings. The van der Waals surface area contributed by atoms with Crippen LogP contribution in [0.5, 0.6) is 5.75 Å². The predicted octanol–water partition coefficient (Wildman–Crippen LogP) is 4.67. The molecule has 6 rings (SSSR count). The molecule has 2 unspecified atom stereocenters. The summed E-state index contributed by atoms with van der Waals surface area (Å²) in [7, 11) is 0. The number of ether oxygens (including phenoxy) is 1. The second-order valence-corrected chi connectivity index (χ2v) is 10.3. The average Bonchev–Trinajstić information content (AvgIpc) is 2.99. The lowest BCUT2D eigenvalue weighted by molar-refractivity contribution is -0.151. The van der Waals surface area contributed by atoms with E-state index in [9.17, 15) is 14.7 Å². The Labute approximate surface area is 233 Å².